The van der Waals surface area contributed by atoms with Crippen LogP contribution in [0.1, 0.15) is 18.1 Å². The van der Waals surface area contributed by atoms with Crippen molar-refractivity contribution < 1.29 is 27.4 Å². The smallest absolute Gasteiger partial charge is 0.241 e. The fourth-order valence-electron chi connectivity index (χ4n) is 2.92. The Hall–Kier alpha value is -2.94. The average Bonchev–Trinajstić information content (AvgIpc) is 2.74. The van der Waals surface area contributed by atoms with Gasteiger partial charge in [-0.2, -0.15) is 0 Å². The summed E-state index contributed by atoms with van der Waals surface area (Å²) in [6.07, 6.45) is 1.92. The van der Waals surface area contributed by atoms with Crippen molar-refractivity contribution in [3.05, 3.63) is 47.5 Å². The normalized spacial score (nSPS) is 11.0. The molecule has 30 heavy (non-hydrogen) atoms. The lowest BCUT2D eigenvalue weighted by atomic mass is 10.1. The molecular formula is C21H28N2O6S. The van der Waals surface area contributed by atoms with E-state index in [4.69, 9.17) is 14.2 Å². The number of benzene rings is 2. The number of methoxy groups -OCH3 is 3. The van der Waals surface area contributed by atoms with E-state index in [9.17, 15) is 13.2 Å². The summed E-state index contributed by atoms with van der Waals surface area (Å²) in [7, 11) is 0.893. The molecule has 0 radical (unpaired) electrons. The zero-order valence-electron chi connectivity index (χ0n) is 17.9. The molecule has 0 bridgehead atoms. The van der Waals surface area contributed by atoms with Crippen molar-refractivity contribution >= 4 is 21.6 Å². The van der Waals surface area contributed by atoms with E-state index in [-0.39, 0.29) is 13.1 Å². The fourth-order valence-corrected chi connectivity index (χ4v) is 3.78. The molecule has 0 aliphatic rings. The van der Waals surface area contributed by atoms with E-state index in [2.05, 4.69) is 5.32 Å². The van der Waals surface area contributed by atoms with Crippen LogP contribution in [0.2, 0.25) is 0 Å². The van der Waals surface area contributed by atoms with Crippen LogP contribution in [-0.4, -0.2) is 48.5 Å². The van der Waals surface area contributed by atoms with E-state index in [0.29, 0.717) is 22.9 Å². The van der Waals surface area contributed by atoms with Gasteiger partial charge in [0.15, 0.2) is 11.5 Å². The highest BCUT2D eigenvalue weighted by Gasteiger charge is 2.21. The first-order valence-electron chi connectivity index (χ1n) is 9.35. The Balaban J connectivity index is 2.14. The molecule has 0 saturated heterocycles. The summed E-state index contributed by atoms with van der Waals surface area (Å²) >= 11 is 0. The molecular weight excluding hydrogens is 408 g/mol. The molecule has 0 heterocycles. The van der Waals surface area contributed by atoms with Gasteiger partial charge in [0, 0.05) is 6.54 Å². The predicted molar refractivity (Wildman–Crippen MR) is 116 cm³/mol. The molecule has 8 nitrogen and oxygen atoms in total. The molecule has 0 saturated carbocycles. The summed E-state index contributed by atoms with van der Waals surface area (Å²) < 4.78 is 41.4. The lowest BCUT2D eigenvalue weighted by molar-refractivity contribution is -0.119. The van der Waals surface area contributed by atoms with Crippen LogP contribution in [0.3, 0.4) is 0 Å². The minimum Gasteiger partial charge on any atom is -0.493 e. The van der Waals surface area contributed by atoms with Gasteiger partial charge in [-0.1, -0.05) is 19.1 Å². The standard InChI is InChI=1S/C21H28N2O6S/c1-6-15-7-9-17(10-8-15)23(30(5,25)26)14-20(24)22-13-16-11-18(27-2)21(29-4)19(12-16)28-3/h7-12H,6,13-14H2,1-5H3,(H,22,24). The Bertz CT molecular complexity index is 948. The molecule has 2 aromatic carbocycles. The highest BCUT2D eigenvalue weighted by atomic mass is 32.2. The van der Waals surface area contributed by atoms with Crippen LogP contribution >= 0.6 is 0 Å². The second-order valence-electron chi connectivity index (χ2n) is 6.60. The number of hydrogen-bond donors (Lipinski definition) is 1. The summed E-state index contributed by atoms with van der Waals surface area (Å²) in [5.41, 5.74) is 2.24. The summed E-state index contributed by atoms with van der Waals surface area (Å²) in [4.78, 5) is 12.5. The molecule has 2 rings (SSSR count). The number of nitrogens with one attached hydrogen (secondary N) is 1. The summed E-state index contributed by atoms with van der Waals surface area (Å²) in [6.45, 7) is 1.86. The first kappa shape index (κ1) is 23.3. The number of aryl methyl sites for hydroxylation is 1. The van der Waals surface area contributed by atoms with Gasteiger partial charge >= 0.3 is 0 Å². The number of carbonyl (C=O) groups excluding carboxylic acids is 1. The lowest BCUT2D eigenvalue weighted by Gasteiger charge is -2.22. The Kier molecular flexibility index (Phi) is 7.93. The number of rotatable bonds is 10. The molecule has 1 amide bonds. The Labute approximate surface area is 177 Å². The van der Waals surface area contributed by atoms with Crippen molar-refractivity contribution in [3.63, 3.8) is 0 Å². The van der Waals surface area contributed by atoms with Crippen molar-refractivity contribution in [2.45, 2.75) is 19.9 Å². The monoisotopic (exact) mass is 436 g/mol. The first-order valence-corrected chi connectivity index (χ1v) is 11.2. The molecule has 0 fully saturated rings. The van der Waals surface area contributed by atoms with Crippen molar-refractivity contribution in [3.8, 4) is 17.2 Å². The topological polar surface area (TPSA) is 94.2 Å². The van der Waals surface area contributed by atoms with Gasteiger partial charge in [0.1, 0.15) is 6.54 Å². The van der Waals surface area contributed by atoms with Gasteiger partial charge in [-0.3, -0.25) is 9.10 Å². The highest BCUT2D eigenvalue weighted by molar-refractivity contribution is 7.92. The largest absolute Gasteiger partial charge is 0.493 e. The Morgan fingerprint density at radius 2 is 1.53 bits per heavy atom. The van der Waals surface area contributed by atoms with Gasteiger partial charge in [0.05, 0.1) is 33.3 Å². The second-order valence-corrected chi connectivity index (χ2v) is 8.51. The minimum atomic E-state index is -3.63. The zero-order valence-corrected chi connectivity index (χ0v) is 18.7. The molecule has 2 aromatic rings. The zero-order chi connectivity index (χ0) is 22.3. The fraction of sp³-hybridized carbons (Fsp3) is 0.381. The maximum Gasteiger partial charge on any atom is 0.241 e. The highest BCUT2D eigenvalue weighted by Crippen LogP contribution is 2.38. The Morgan fingerprint density at radius 3 is 1.97 bits per heavy atom. The van der Waals surface area contributed by atoms with Crippen LogP contribution in [0.4, 0.5) is 5.69 Å². The molecule has 9 heteroatoms. The van der Waals surface area contributed by atoms with E-state index in [0.717, 1.165) is 28.1 Å². The predicted octanol–water partition coefficient (Wildman–Crippen LogP) is 2.36. The lowest BCUT2D eigenvalue weighted by Crippen LogP contribution is -2.40. The van der Waals surface area contributed by atoms with Crippen LogP contribution in [-0.2, 0) is 27.8 Å². The number of hydrogen-bond acceptors (Lipinski definition) is 6. The Morgan fingerprint density at radius 1 is 0.967 bits per heavy atom. The van der Waals surface area contributed by atoms with E-state index < -0.39 is 15.9 Å². The summed E-state index contributed by atoms with van der Waals surface area (Å²) in [6, 6.07) is 10.5. The van der Waals surface area contributed by atoms with Crippen LogP contribution in [0, 0.1) is 0 Å². The van der Waals surface area contributed by atoms with E-state index in [1.807, 2.05) is 19.1 Å². The van der Waals surface area contributed by atoms with E-state index in [1.165, 1.54) is 21.3 Å². The van der Waals surface area contributed by atoms with Gasteiger partial charge in [0.25, 0.3) is 0 Å². The molecule has 0 aromatic heterocycles. The third-order valence-electron chi connectivity index (χ3n) is 4.53. The van der Waals surface area contributed by atoms with Crippen LogP contribution in [0.25, 0.3) is 0 Å². The second kappa shape index (κ2) is 10.2. The van der Waals surface area contributed by atoms with Crippen molar-refractivity contribution in [1.29, 1.82) is 0 Å². The van der Waals surface area contributed by atoms with Gasteiger partial charge in [-0.25, -0.2) is 8.42 Å². The molecule has 0 atom stereocenters. The minimum absolute atomic E-state index is 0.169. The average molecular weight is 437 g/mol. The SMILES string of the molecule is CCc1ccc(N(CC(=O)NCc2cc(OC)c(OC)c(OC)c2)S(C)(=O)=O)cc1. The number of carbonyl (C=O) groups is 1. The van der Waals surface area contributed by atoms with Gasteiger partial charge in [-0.05, 0) is 41.8 Å². The molecule has 1 N–H and O–H groups in total. The van der Waals surface area contributed by atoms with Crippen LogP contribution < -0.4 is 23.8 Å². The van der Waals surface area contributed by atoms with Crippen molar-refractivity contribution in [1.82, 2.24) is 5.32 Å². The van der Waals surface area contributed by atoms with Gasteiger partial charge in [-0.15, -0.1) is 0 Å². The summed E-state index contributed by atoms with van der Waals surface area (Å²) in [5.74, 6) is 0.951. The third kappa shape index (κ3) is 5.79. The molecule has 0 aliphatic carbocycles. The third-order valence-corrected chi connectivity index (χ3v) is 5.67. The van der Waals surface area contributed by atoms with Gasteiger partial charge in [0.2, 0.25) is 21.7 Å². The molecule has 0 aliphatic heterocycles. The van der Waals surface area contributed by atoms with E-state index >= 15 is 0 Å². The number of anilines is 1. The van der Waals surface area contributed by atoms with Crippen LogP contribution in [0.5, 0.6) is 17.2 Å². The van der Waals surface area contributed by atoms with Crippen LogP contribution in [0.15, 0.2) is 36.4 Å². The number of amides is 1. The maximum atomic E-state index is 12.5. The first-order chi connectivity index (χ1) is 14.2. The molecule has 0 unspecified atom stereocenters. The van der Waals surface area contributed by atoms with Crippen molar-refractivity contribution in [2.75, 3.05) is 38.4 Å². The van der Waals surface area contributed by atoms with E-state index in [1.54, 1.807) is 24.3 Å². The van der Waals surface area contributed by atoms with Crippen molar-refractivity contribution in [2.24, 2.45) is 0 Å². The maximum absolute atomic E-state index is 12.5. The quantitative estimate of drug-likeness (QED) is 0.615. The number of sulfonamides is 1. The summed E-state index contributed by atoms with van der Waals surface area (Å²) in [5, 5.41) is 2.74. The van der Waals surface area contributed by atoms with Gasteiger partial charge < -0.3 is 19.5 Å². The molecule has 164 valence electrons. The molecule has 0 spiro atoms. The number of nitrogens with zero attached hydrogens (tertiary/aromatic N) is 1. The number of ether oxygens (including phenoxy) is 3.